The van der Waals surface area contributed by atoms with Crippen molar-refractivity contribution in [3.8, 4) is 0 Å². The molecule has 1 N–H and O–H groups in total. The van der Waals surface area contributed by atoms with Gasteiger partial charge < -0.3 is 14.3 Å². The predicted molar refractivity (Wildman–Crippen MR) is 63.5 cm³/mol. The number of aliphatic hydroxyl groups is 1. The molecule has 0 saturated carbocycles. The Hall–Kier alpha value is 0.0969. The standard InChI is InChI=1S/C11H24O3Si/c1-10(2,3)15(5,6)13-7-9-11(4,8-12)14-9/h9,12H,7-8H2,1-6H3/t9-,11-/m0/s1. The summed E-state index contributed by atoms with van der Waals surface area (Å²) in [6.07, 6.45) is 0.0802. The highest BCUT2D eigenvalue weighted by molar-refractivity contribution is 6.74. The third kappa shape index (κ3) is 2.81. The van der Waals surface area contributed by atoms with E-state index in [9.17, 15) is 0 Å². The van der Waals surface area contributed by atoms with Crippen molar-refractivity contribution in [3.05, 3.63) is 0 Å². The summed E-state index contributed by atoms with van der Waals surface area (Å²) in [5.74, 6) is 0. The Morgan fingerprint density at radius 1 is 1.40 bits per heavy atom. The summed E-state index contributed by atoms with van der Waals surface area (Å²) in [5.41, 5.74) is -0.345. The lowest BCUT2D eigenvalue weighted by atomic mass is 10.1. The Morgan fingerprint density at radius 2 is 1.93 bits per heavy atom. The summed E-state index contributed by atoms with van der Waals surface area (Å²) in [7, 11) is -1.66. The van der Waals surface area contributed by atoms with Crippen LogP contribution in [0.4, 0.5) is 0 Å². The van der Waals surface area contributed by atoms with Crippen LogP contribution in [0.3, 0.4) is 0 Å². The zero-order valence-electron chi connectivity index (χ0n) is 10.8. The molecule has 0 spiro atoms. The molecule has 1 rings (SSSR count). The van der Waals surface area contributed by atoms with E-state index in [1.807, 2.05) is 6.92 Å². The Labute approximate surface area is 93.9 Å². The van der Waals surface area contributed by atoms with Gasteiger partial charge in [-0.05, 0) is 25.1 Å². The van der Waals surface area contributed by atoms with Crippen molar-refractivity contribution in [2.75, 3.05) is 13.2 Å². The van der Waals surface area contributed by atoms with Crippen LogP contribution in [0.5, 0.6) is 0 Å². The summed E-state index contributed by atoms with van der Waals surface area (Å²) < 4.78 is 11.4. The second kappa shape index (κ2) is 3.84. The lowest BCUT2D eigenvalue weighted by Crippen LogP contribution is -2.42. The molecule has 1 heterocycles. The first-order valence-corrected chi connectivity index (χ1v) is 8.46. The fourth-order valence-electron chi connectivity index (χ4n) is 1.14. The van der Waals surface area contributed by atoms with E-state index in [0.29, 0.717) is 6.61 Å². The van der Waals surface area contributed by atoms with Crippen molar-refractivity contribution in [3.63, 3.8) is 0 Å². The molecule has 4 heteroatoms. The highest BCUT2D eigenvalue weighted by atomic mass is 28.4. The van der Waals surface area contributed by atoms with Crippen molar-refractivity contribution in [2.24, 2.45) is 0 Å². The van der Waals surface area contributed by atoms with Crippen LogP contribution in [0.2, 0.25) is 18.1 Å². The van der Waals surface area contributed by atoms with Crippen molar-refractivity contribution >= 4 is 8.32 Å². The Kier molecular flexibility index (Phi) is 3.37. The van der Waals surface area contributed by atoms with Crippen LogP contribution in [0.1, 0.15) is 27.7 Å². The SMILES string of the molecule is CC(C)(C)[Si](C)(C)OC[C@@H]1O[C@@]1(C)CO. The average Bonchev–Trinajstić information content (AvgIpc) is 2.73. The first-order valence-electron chi connectivity index (χ1n) is 5.55. The van der Waals surface area contributed by atoms with E-state index >= 15 is 0 Å². The number of ether oxygens (including phenoxy) is 1. The molecular weight excluding hydrogens is 208 g/mol. The molecule has 0 aromatic rings. The van der Waals surface area contributed by atoms with E-state index in [4.69, 9.17) is 14.3 Å². The molecule has 0 aromatic carbocycles. The van der Waals surface area contributed by atoms with Gasteiger partial charge in [0.15, 0.2) is 8.32 Å². The number of epoxide rings is 1. The molecule has 1 fully saturated rings. The fraction of sp³-hybridized carbons (Fsp3) is 1.00. The van der Waals surface area contributed by atoms with Gasteiger partial charge in [0.1, 0.15) is 11.7 Å². The largest absolute Gasteiger partial charge is 0.414 e. The van der Waals surface area contributed by atoms with Crippen LogP contribution >= 0.6 is 0 Å². The second-order valence-electron chi connectivity index (χ2n) is 6.15. The smallest absolute Gasteiger partial charge is 0.192 e. The highest BCUT2D eigenvalue weighted by Gasteiger charge is 2.53. The lowest BCUT2D eigenvalue weighted by Gasteiger charge is -2.36. The second-order valence-corrected chi connectivity index (χ2v) is 11.0. The maximum Gasteiger partial charge on any atom is 0.192 e. The van der Waals surface area contributed by atoms with Gasteiger partial charge in [-0.15, -0.1) is 0 Å². The Bertz CT molecular complexity index is 234. The van der Waals surface area contributed by atoms with Gasteiger partial charge in [-0.25, -0.2) is 0 Å². The van der Waals surface area contributed by atoms with Gasteiger partial charge in [0.25, 0.3) is 0 Å². The molecule has 0 radical (unpaired) electrons. The number of aliphatic hydroxyl groups excluding tert-OH is 1. The summed E-state index contributed by atoms with van der Waals surface area (Å²) >= 11 is 0. The van der Waals surface area contributed by atoms with E-state index in [0.717, 1.165) is 0 Å². The Balaban J connectivity index is 2.39. The first kappa shape index (κ1) is 13.2. The summed E-state index contributed by atoms with van der Waals surface area (Å²) in [4.78, 5) is 0. The van der Waals surface area contributed by atoms with E-state index in [1.165, 1.54) is 0 Å². The lowest BCUT2D eigenvalue weighted by molar-refractivity contribution is 0.182. The maximum atomic E-state index is 9.06. The van der Waals surface area contributed by atoms with Crippen LogP contribution in [0, 0.1) is 0 Å². The van der Waals surface area contributed by atoms with Crippen LogP contribution in [0.15, 0.2) is 0 Å². The predicted octanol–water partition coefficient (Wildman–Crippen LogP) is 2.16. The molecule has 0 aliphatic carbocycles. The minimum Gasteiger partial charge on any atom is -0.414 e. The van der Waals surface area contributed by atoms with Crippen LogP contribution in [-0.4, -0.2) is 38.3 Å². The third-order valence-corrected chi connectivity index (χ3v) is 8.25. The van der Waals surface area contributed by atoms with Gasteiger partial charge in [-0.1, -0.05) is 20.8 Å². The molecule has 15 heavy (non-hydrogen) atoms. The summed E-state index contributed by atoms with van der Waals surface area (Å²) in [6, 6.07) is 0. The molecule has 2 atom stereocenters. The van der Waals surface area contributed by atoms with Gasteiger partial charge in [-0.3, -0.25) is 0 Å². The normalized spacial score (nSPS) is 31.8. The van der Waals surface area contributed by atoms with Crippen molar-refractivity contribution in [2.45, 2.75) is 57.5 Å². The highest BCUT2D eigenvalue weighted by Crippen LogP contribution is 2.40. The van der Waals surface area contributed by atoms with E-state index in [2.05, 4.69) is 33.9 Å². The van der Waals surface area contributed by atoms with Crippen molar-refractivity contribution in [1.82, 2.24) is 0 Å². The minimum atomic E-state index is -1.66. The summed E-state index contributed by atoms with van der Waals surface area (Å²) in [5, 5.41) is 9.29. The van der Waals surface area contributed by atoms with Gasteiger partial charge >= 0.3 is 0 Å². The first-order chi connectivity index (χ1) is 6.62. The molecule has 90 valence electrons. The molecule has 3 nitrogen and oxygen atoms in total. The van der Waals surface area contributed by atoms with Crippen LogP contribution in [-0.2, 0) is 9.16 Å². The zero-order chi connectivity index (χ0) is 11.9. The van der Waals surface area contributed by atoms with Crippen molar-refractivity contribution < 1.29 is 14.3 Å². The van der Waals surface area contributed by atoms with Crippen LogP contribution < -0.4 is 0 Å². The van der Waals surface area contributed by atoms with E-state index in [1.54, 1.807) is 0 Å². The number of rotatable bonds is 4. The molecule has 1 saturated heterocycles. The molecule has 1 aliphatic rings. The van der Waals surface area contributed by atoms with Crippen LogP contribution in [0.25, 0.3) is 0 Å². The van der Waals surface area contributed by atoms with Gasteiger partial charge in [0.2, 0.25) is 0 Å². The molecule has 0 aromatic heterocycles. The minimum absolute atomic E-state index is 0.0802. The van der Waals surface area contributed by atoms with Crippen molar-refractivity contribution in [1.29, 1.82) is 0 Å². The van der Waals surface area contributed by atoms with Gasteiger partial charge in [-0.2, -0.15) is 0 Å². The molecule has 0 amide bonds. The van der Waals surface area contributed by atoms with E-state index < -0.39 is 8.32 Å². The summed E-state index contributed by atoms with van der Waals surface area (Å²) in [6.45, 7) is 13.7. The molecule has 0 unspecified atom stereocenters. The number of hydrogen-bond donors (Lipinski definition) is 1. The molecule has 0 bridgehead atoms. The topological polar surface area (TPSA) is 42.0 Å². The Morgan fingerprint density at radius 3 is 2.27 bits per heavy atom. The van der Waals surface area contributed by atoms with Gasteiger partial charge in [0.05, 0.1) is 13.2 Å². The molecule has 1 aliphatic heterocycles. The quantitative estimate of drug-likeness (QED) is 0.596. The third-order valence-electron chi connectivity index (χ3n) is 3.75. The maximum absolute atomic E-state index is 9.06. The van der Waals surface area contributed by atoms with Gasteiger partial charge in [0, 0.05) is 0 Å². The monoisotopic (exact) mass is 232 g/mol. The van der Waals surface area contributed by atoms with E-state index in [-0.39, 0.29) is 23.4 Å². The zero-order valence-corrected chi connectivity index (χ0v) is 11.8. The molecular formula is C11H24O3Si. The average molecular weight is 232 g/mol. The number of hydrogen-bond acceptors (Lipinski definition) is 3. The fourth-order valence-corrected chi connectivity index (χ4v) is 2.14.